The van der Waals surface area contributed by atoms with E-state index in [-0.39, 0.29) is 18.4 Å². The lowest BCUT2D eigenvalue weighted by Crippen LogP contribution is -2.40. The summed E-state index contributed by atoms with van der Waals surface area (Å²) in [7, 11) is 4.27. The van der Waals surface area contributed by atoms with Crippen LogP contribution in [0, 0.1) is 12.3 Å². The molecule has 120 valence electrons. The predicted octanol–water partition coefficient (Wildman–Crippen LogP) is 1.56. The van der Waals surface area contributed by atoms with Crippen LogP contribution in [-0.4, -0.2) is 63.2 Å². The lowest BCUT2D eigenvalue weighted by molar-refractivity contribution is -0.883. The fourth-order valence-electron chi connectivity index (χ4n) is 2.37. The van der Waals surface area contributed by atoms with E-state index in [1.54, 1.807) is 0 Å². The van der Waals surface area contributed by atoms with Gasteiger partial charge in [-0.2, -0.15) is 0 Å². The lowest BCUT2D eigenvalue weighted by Gasteiger charge is -2.29. The maximum Gasteiger partial charge on any atom is 0.302 e. The molecule has 5 heteroatoms. The van der Waals surface area contributed by atoms with Crippen molar-refractivity contribution in [2.24, 2.45) is 0 Å². The van der Waals surface area contributed by atoms with Crippen LogP contribution in [0.4, 0.5) is 0 Å². The topological polar surface area (TPSA) is 44.8 Å². The van der Waals surface area contributed by atoms with Gasteiger partial charge in [-0.1, -0.05) is 0 Å². The van der Waals surface area contributed by atoms with E-state index in [4.69, 9.17) is 20.6 Å². The first-order valence-electron chi connectivity index (χ1n) is 7.59. The highest BCUT2D eigenvalue weighted by atomic mass is 16.7. The molecule has 1 heterocycles. The van der Waals surface area contributed by atoms with Gasteiger partial charge in [0.25, 0.3) is 0 Å². The molecule has 2 unspecified atom stereocenters. The second-order valence-electron chi connectivity index (χ2n) is 6.16. The molecule has 0 aliphatic carbocycles. The molecule has 2 atom stereocenters. The van der Waals surface area contributed by atoms with E-state index in [0.717, 1.165) is 36.8 Å². The van der Waals surface area contributed by atoms with Gasteiger partial charge in [0.2, 0.25) is 0 Å². The molecule has 1 aliphatic rings. The third-order valence-corrected chi connectivity index (χ3v) is 3.51. The Morgan fingerprint density at radius 1 is 1.43 bits per heavy atom. The fraction of sp³-hybridized carbons (Fsp3) is 0.812. The molecule has 21 heavy (non-hydrogen) atoms. The summed E-state index contributed by atoms with van der Waals surface area (Å²) in [5, 5.41) is 0. The third-order valence-electron chi connectivity index (χ3n) is 3.51. The molecule has 1 saturated heterocycles. The van der Waals surface area contributed by atoms with Gasteiger partial charge in [0, 0.05) is 26.4 Å². The summed E-state index contributed by atoms with van der Waals surface area (Å²) in [6.07, 6.45) is 8.43. The predicted molar refractivity (Wildman–Crippen MR) is 80.4 cm³/mol. The van der Waals surface area contributed by atoms with Crippen LogP contribution in [0.2, 0.25) is 0 Å². The first-order valence-corrected chi connectivity index (χ1v) is 7.59. The van der Waals surface area contributed by atoms with Crippen molar-refractivity contribution in [3.8, 4) is 12.3 Å². The Bertz CT molecular complexity index is 362. The number of esters is 1. The van der Waals surface area contributed by atoms with Crippen LogP contribution in [0.3, 0.4) is 0 Å². The number of terminal acetylenes is 1. The number of hydrogen-bond acceptors (Lipinski definition) is 4. The molecule has 0 aromatic heterocycles. The van der Waals surface area contributed by atoms with Crippen LogP contribution in [-0.2, 0) is 19.0 Å². The first-order chi connectivity index (χ1) is 9.93. The second-order valence-corrected chi connectivity index (χ2v) is 6.16. The summed E-state index contributed by atoms with van der Waals surface area (Å²) in [6, 6.07) is 0. The van der Waals surface area contributed by atoms with Gasteiger partial charge in [-0.25, -0.2) is 0 Å². The highest BCUT2D eigenvalue weighted by Crippen LogP contribution is 2.18. The van der Waals surface area contributed by atoms with Crippen LogP contribution < -0.4 is 0 Å². The summed E-state index contributed by atoms with van der Waals surface area (Å²) < 4.78 is 17.3. The normalized spacial score (nSPS) is 22.6. The van der Waals surface area contributed by atoms with Crippen molar-refractivity contribution >= 4 is 5.97 Å². The van der Waals surface area contributed by atoms with Crippen molar-refractivity contribution < 1.29 is 23.5 Å². The van der Waals surface area contributed by atoms with Crippen LogP contribution >= 0.6 is 0 Å². The number of ether oxygens (including phenoxy) is 3. The number of rotatable bonds is 8. The lowest BCUT2D eigenvalue weighted by atomic mass is 10.1. The van der Waals surface area contributed by atoms with Crippen LogP contribution in [0.25, 0.3) is 0 Å². The quantitative estimate of drug-likeness (QED) is 0.295. The minimum atomic E-state index is -0.253. The van der Waals surface area contributed by atoms with Crippen molar-refractivity contribution in [3.05, 3.63) is 0 Å². The van der Waals surface area contributed by atoms with Crippen molar-refractivity contribution in [1.82, 2.24) is 0 Å². The summed E-state index contributed by atoms with van der Waals surface area (Å²) >= 11 is 0. The SMILES string of the molecule is C#CC[N+](C)(C)CCCCOC1CC(OC(C)=O)CCO1. The van der Waals surface area contributed by atoms with Crippen molar-refractivity contribution in [3.63, 3.8) is 0 Å². The van der Waals surface area contributed by atoms with Crippen LogP contribution in [0.1, 0.15) is 32.6 Å². The zero-order valence-electron chi connectivity index (χ0n) is 13.5. The summed E-state index contributed by atoms with van der Waals surface area (Å²) in [5.41, 5.74) is 0. The molecule has 0 saturated carbocycles. The first kappa shape index (κ1) is 18.0. The molecule has 0 bridgehead atoms. The van der Waals surface area contributed by atoms with Gasteiger partial charge in [0.1, 0.15) is 12.6 Å². The molecule has 1 aliphatic heterocycles. The zero-order valence-corrected chi connectivity index (χ0v) is 13.5. The Hall–Kier alpha value is -1.09. The maximum atomic E-state index is 10.9. The Morgan fingerprint density at radius 2 is 2.19 bits per heavy atom. The molecule has 0 N–H and O–H groups in total. The van der Waals surface area contributed by atoms with Gasteiger partial charge in [-0.15, -0.1) is 6.42 Å². The average Bonchev–Trinajstić information content (AvgIpc) is 2.37. The van der Waals surface area contributed by atoms with Crippen molar-refractivity contribution in [2.75, 3.05) is 40.4 Å². The van der Waals surface area contributed by atoms with Crippen LogP contribution in [0.15, 0.2) is 0 Å². The minimum absolute atomic E-state index is 0.0764. The standard InChI is InChI=1S/C16H28NO4/c1-5-9-17(3,4)10-6-7-11-19-16-13-15(8-12-20-16)21-14(2)18/h1,15-16H,6-13H2,2-4H3/q+1. The second kappa shape index (κ2) is 9.04. The van der Waals surface area contributed by atoms with Crippen molar-refractivity contribution in [1.29, 1.82) is 0 Å². The molecule has 0 spiro atoms. The molecule has 0 amide bonds. The number of quaternary nitrogens is 1. The molecule has 0 aromatic rings. The number of nitrogens with zero attached hydrogens (tertiary/aromatic N) is 1. The molecule has 5 nitrogen and oxygen atoms in total. The Morgan fingerprint density at radius 3 is 2.86 bits per heavy atom. The van der Waals surface area contributed by atoms with Gasteiger partial charge in [-0.3, -0.25) is 4.79 Å². The van der Waals surface area contributed by atoms with Gasteiger partial charge in [0.05, 0.1) is 27.2 Å². The minimum Gasteiger partial charge on any atom is -0.462 e. The number of hydrogen-bond donors (Lipinski definition) is 0. The highest BCUT2D eigenvalue weighted by molar-refractivity contribution is 5.66. The summed E-state index contributed by atoms with van der Waals surface area (Å²) in [6.45, 7) is 4.45. The smallest absolute Gasteiger partial charge is 0.302 e. The monoisotopic (exact) mass is 298 g/mol. The molecule has 1 fully saturated rings. The van der Waals surface area contributed by atoms with E-state index >= 15 is 0 Å². The molecular formula is C16H28NO4+. The van der Waals surface area contributed by atoms with E-state index in [9.17, 15) is 4.79 Å². The Labute approximate surface area is 128 Å². The van der Waals surface area contributed by atoms with Crippen LogP contribution in [0.5, 0.6) is 0 Å². The molecule has 0 aromatic carbocycles. The van der Waals surface area contributed by atoms with E-state index < -0.39 is 0 Å². The number of unbranched alkanes of at least 4 members (excludes halogenated alkanes) is 1. The highest BCUT2D eigenvalue weighted by Gasteiger charge is 2.25. The van der Waals surface area contributed by atoms with Gasteiger partial charge < -0.3 is 18.7 Å². The van der Waals surface area contributed by atoms with Gasteiger partial charge in [-0.05, 0) is 18.8 Å². The van der Waals surface area contributed by atoms with Gasteiger partial charge >= 0.3 is 5.97 Å². The average molecular weight is 298 g/mol. The fourth-order valence-corrected chi connectivity index (χ4v) is 2.37. The zero-order chi connectivity index (χ0) is 15.7. The third kappa shape index (κ3) is 8.05. The number of carbonyl (C=O) groups excluding carboxylic acids is 1. The molecular weight excluding hydrogens is 270 g/mol. The number of carbonyl (C=O) groups is 1. The van der Waals surface area contributed by atoms with E-state index in [2.05, 4.69) is 20.0 Å². The van der Waals surface area contributed by atoms with Gasteiger partial charge in [0.15, 0.2) is 6.29 Å². The van der Waals surface area contributed by atoms with Crippen molar-refractivity contribution in [2.45, 2.75) is 45.0 Å². The Balaban J connectivity index is 2.12. The molecule has 1 rings (SSSR count). The summed E-state index contributed by atoms with van der Waals surface area (Å²) in [4.78, 5) is 10.9. The molecule has 0 radical (unpaired) electrons. The summed E-state index contributed by atoms with van der Waals surface area (Å²) in [5.74, 6) is 2.46. The van der Waals surface area contributed by atoms with E-state index in [0.29, 0.717) is 19.6 Å². The largest absolute Gasteiger partial charge is 0.462 e. The Kier molecular flexibility index (Phi) is 7.73. The maximum absolute atomic E-state index is 10.9. The van der Waals surface area contributed by atoms with E-state index in [1.165, 1.54) is 6.92 Å². The van der Waals surface area contributed by atoms with E-state index in [1.807, 2.05) is 0 Å².